The number of hydrogen-bond acceptors (Lipinski definition) is 3. The van der Waals surface area contributed by atoms with E-state index in [1.54, 1.807) is 11.8 Å². The Morgan fingerprint density at radius 2 is 1.78 bits per heavy atom. The van der Waals surface area contributed by atoms with Gasteiger partial charge < -0.3 is 4.90 Å². The van der Waals surface area contributed by atoms with Gasteiger partial charge in [0, 0.05) is 22.3 Å². The molecule has 0 fully saturated rings. The Bertz CT molecular complexity index is 958. The molecule has 0 N–H and O–H groups in total. The summed E-state index contributed by atoms with van der Waals surface area (Å²) in [5.74, 6) is -0.288. The summed E-state index contributed by atoms with van der Waals surface area (Å²) in [6.07, 6.45) is 2.79. The van der Waals surface area contributed by atoms with Crippen LogP contribution in [0.15, 0.2) is 42.5 Å². The fourth-order valence-corrected chi connectivity index (χ4v) is 5.12. The van der Waals surface area contributed by atoms with Crippen molar-refractivity contribution in [1.82, 2.24) is 0 Å². The second-order valence-corrected chi connectivity index (χ2v) is 9.32. The molecule has 0 aliphatic carbocycles. The van der Waals surface area contributed by atoms with Crippen molar-refractivity contribution in [3.8, 4) is 0 Å². The van der Waals surface area contributed by atoms with Crippen LogP contribution in [0.3, 0.4) is 0 Å². The van der Waals surface area contributed by atoms with E-state index in [-0.39, 0.29) is 11.6 Å². The molecule has 1 aliphatic heterocycles. The average molecular weight is 427 g/mol. The van der Waals surface area contributed by atoms with E-state index in [9.17, 15) is 13.2 Å². The summed E-state index contributed by atoms with van der Waals surface area (Å²) in [6, 6.07) is 11.2. The van der Waals surface area contributed by atoms with Gasteiger partial charge in [0.15, 0.2) is 0 Å². The summed E-state index contributed by atoms with van der Waals surface area (Å²) in [6.45, 7) is 2.13. The van der Waals surface area contributed by atoms with E-state index in [2.05, 4.69) is 0 Å². The van der Waals surface area contributed by atoms with Crippen LogP contribution in [0.4, 0.5) is 11.4 Å². The van der Waals surface area contributed by atoms with Crippen molar-refractivity contribution in [2.24, 2.45) is 0 Å². The molecule has 1 atom stereocenters. The molecule has 8 heteroatoms. The number of hydrogen-bond donors (Lipinski definition) is 0. The fourth-order valence-electron chi connectivity index (χ4n) is 3.46. The lowest BCUT2D eigenvalue weighted by Crippen LogP contribution is -2.50. The average Bonchev–Trinajstić information content (AvgIpc) is 2.58. The number of carbonyl (C=O) groups is 1. The second kappa shape index (κ2) is 7.70. The number of rotatable bonds is 4. The quantitative estimate of drug-likeness (QED) is 0.738. The highest BCUT2D eigenvalue weighted by Gasteiger charge is 2.34. The summed E-state index contributed by atoms with van der Waals surface area (Å²) in [5.41, 5.74) is 2.18. The largest absolute Gasteiger partial charge is 0.310 e. The molecular formula is C19H20Cl2N2O3S. The Hall–Kier alpha value is -1.76. The third kappa shape index (κ3) is 4.23. The van der Waals surface area contributed by atoms with E-state index in [1.165, 1.54) is 18.2 Å². The van der Waals surface area contributed by atoms with E-state index in [0.717, 1.165) is 34.7 Å². The predicted octanol–water partition coefficient (Wildman–Crippen LogP) is 4.13. The van der Waals surface area contributed by atoms with Crippen LogP contribution in [0, 0.1) is 0 Å². The van der Waals surface area contributed by atoms with Gasteiger partial charge in [-0.05, 0) is 49.6 Å². The van der Waals surface area contributed by atoms with E-state index < -0.39 is 16.1 Å². The van der Waals surface area contributed by atoms with Crippen LogP contribution in [0.25, 0.3) is 0 Å². The first-order valence-corrected chi connectivity index (χ1v) is 11.1. The van der Waals surface area contributed by atoms with Crippen LogP contribution in [0.2, 0.25) is 10.0 Å². The molecule has 2 aromatic rings. The molecule has 0 radical (unpaired) electrons. The number of sulfonamides is 1. The molecule has 0 bridgehead atoms. The monoisotopic (exact) mass is 426 g/mol. The van der Waals surface area contributed by atoms with E-state index in [1.807, 2.05) is 24.3 Å². The Morgan fingerprint density at radius 3 is 2.41 bits per heavy atom. The zero-order valence-electron chi connectivity index (χ0n) is 15.0. The smallest absolute Gasteiger partial charge is 0.250 e. The van der Waals surface area contributed by atoms with Gasteiger partial charge in [-0.3, -0.25) is 9.10 Å². The summed E-state index contributed by atoms with van der Waals surface area (Å²) >= 11 is 12.1. The Morgan fingerprint density at radius 1 is 1.15 bits per heavy atom. The Kier molecular flexibility index (Phi) is 5.70. The lowest BCUT2D eigenvalue weighted by atomic mass is 10.0. The first kappa shape index (κ1) is 20.0. The van der Waals surface area contributed by atoms with Gasteiger partial charge in [-0.2, -0.15) is 0 Å². The summed E-state index contributed by atoms with van der Waals surface area (Å²) in [5, 5.41) is 0.600. The molecule has 1 aliphatic rings. The third-order valence-electron chi connectivity index (χ3n) is 4.54. The van der Waals surface area contributed by atoms with Gasteiger partial charge >= 0.3 is 0 Å². The van der Waals surface area contributed by atoms with Gasteiger partial charge in [0.25, 0.3) is 5.91 Å². The standard InChI is InChI=1S/C19H20Cl2N2O3S/c1-13(19(24)22-9-5-7-14-6-3-4-8-18(14)22)23(27(2,25)26)17-11-15(20)10-16(21)12-17/h3-4,6,8,10-13H,5,7,9H2,1-2H3. The summed E-state index contributed by atoms with van der Waals surface area (Å²) < 4.78 is 26.1. The number of benzene rings is 2. The van der Waals surface area contributed by atoms with E-state index in [4.69, 9.17) is 23.2 Å². The zero-order valence-corrected chi connectivity index (χ0v) is 17.4. The van der Waals surface area contributed by atoms with Gasteiger partial charge in [-0.25, -0.2) is 8.42 Å². The van der Waals surface area contributed by atoms with Gasteiger partial charge in [-0.15, -0.1) is 0 Å². The molecule has 5 nitrogen and oxygen atoms in total. The van der Waals surface area contributed by atoms with Gasteiger partial charge in [0.1, 0.15) is 6.04 Å². The number of amides is 1. The number of aryl methyl sites for hydroxylation is 1. The minimum Gasteiger partial charge on any atom is -0.310 e. The fraction of sp³-hybridized carbons (Fsp3) is 0.316. The minimum absolute atomic E-state index is 0.265. The van der Waals surface area contributed by atoms with Crippen LogP contribution < -0.4 is 9.21 Å². The number of anilines is 2. The lowest BCUT2D eigenvalue weighted by molar-refractivity contribution is -0.119. The van der Waals surface area contributed by atoms with Crippen LogP contribution in [-0.2, 0) is 21.2 Å². The predicted molar refractivity (Wildman–Crippen MR) is 110 cm³/mol. The van der Waals surface area contributed by atoms with Crippen molar-refractivity contribution < 1.29 is 13.2 Å². The molecule has 2 aromatic carbocycles. The molecule has 0 saturated carbocycles. The highest BCUT2D eigenvalue weighted by atomic mass is 35.5. The maximum absolute atomic E-state index is 13.2. The number of nitrogens with zero attached hydrogens (tertiary/aromatic N) is 2. The van der Waals surface area contributed by atoms with Gasteiger partial charge in [0.05, 0.1) is 11.9 Å². The topological polar surface area (TPSA) is 57.7 Å². The minimum atomic E-state index is -3.74. The second-order valence-electron chi connectivity index (χ2n) is 6.58. The van der Waals surface area contributed by atoms with Crippen molar-refractivity contribution >= 4 is 50.5 Å². The molecule has 3 rings (SSSR count). The Labute approximate surface area is 169 Å². The number of fused-ring (bicyclic) bond motifs is 1. The number of carbonyl (C=O) groups excluding carboxylic acids is 1. The number of halogens is 2. The highest BCUT2D eigenvalue weighted by Crippen LogP contribution is 2.31. The molecule has 27 heavy (non-hydrogen) atoms. The Balaban J connectivity index is 2.00. The molecule has 0 spiro atoms. The summed E-state index contributed by atoms with van der Waals surface area (Å²) in [4.78, 5) is 14.9. The number of para-hydroxylation sites is 1. The first-order chi connectivity index (χ1) is 12.7. The van der Waals surface area contributed by atoms with E-state index in [0.29, 0.717) is 16.6 Å². The molecular weight excluding hydrogens is 407 g/mol. The van der Waals surface area contributed by atoms with Crippen molar-refractivity contribution in [2.45, 2.75) is 25.8 Å². The van der Waals surface area contributed by atoms with Crippen molar-refractivity contribution in [1.29, 1.82) is 0 Å². The van der Waals surface area contributed by atoms with Crippen molar-refractivity contribution in [2.75, 3.05) is 22.0 Å². The summed E-state index contributed by atoms with van der Waals surface area (Å²) in [7, 11) is -3.74. The normalized spacial score (nSPS) is 15.2. The van der Waals surface area contributed by atoms with Crippen LogP contribution >= 0.6 is 23.2 Å². The molecule has 1 amide bonds. The van der Waals surface area contributed by atoms with Crippen molar-refractivity contribution in [3.63, 3.8) is 0 Å². The first-order valence-electron chi connectivity index (χ1n) is 8.53. The van der Waals surface area contributed by atoms with Gasteiger partial charge in [-0.1, -0.05) is 41.4 Å². The third-order valence-corrected chi connectivity index (χ3v) is 6.22. The molecule has 1 heterocycles. The maximum Gasteiger partial charge on any atom is 0.250 e. The van der Waals surface area contributed by atoms with E-state index >= 15 is 0 Å². The molecule has 0 aromatic heterocycles. The van der Waals surface area contributed by atoms with Gasteiger partial charge in [0.2, 0.25) is 10.0 Å². The van der Waals surface area contributed by atoms with Crippen LogP contribution in [0.5, 0.6) is 0 Å². The van der Waals surface area contributed by atoms with Crippen molar-refractivity contribution in [3.05, 3.63) is 58.1 Å². The lowest BCUT2D eigenvalue weighted by Gasteiger charge is -2.35. The van der Waals surface area contributed by atoms with Crippen LogP contribution in [-0.4, -0.2) is 33.2 Å². The highest BCUT2D eigenvalue weighted by molar-refractivity contribution is 7.92. The molecule has 144 valence electrons. The maximum atomic E-state index is 13.2. The molecule has 1 unspecified atom stereocenters. The van der Waals surface area contributed by atoms with Crippen LogP contribution in [0.1, 0.15) is 18.9 Å². The SMILES string of the molecule is CC(C(=O)N1CCCc2ccccc21)N(c1cc(Cl)cc(Cl)c1)S(C)(=O)=O. The molecule has 0 saturated heterocycles. The zero-order chi connectivity index (χ0) is 19.8.